The van der Waals surface area contributed by atoms with Crippen LogP contribution in [0.1, 0.15) is 24.6 Å². The van der Waals surface area contributed by atoms with Crippen molar-refractivity contribution in [1.82, 2.24) is 4.98 Å². The highest BCUT2D eigenvalue weighted by molar-refractivity contribution is 5.98. The fraction of sp³-hybridized carbons (Fsp3) is 0.438. The lowest BCUT2D eigenvalue weighted by Gasteiger charge is -2.16. The fourth-order valence-electron chi connectivity index (χ4n) is 2.96. The highest BCUT2D eigenvalue weighted by atomic mass is 16.5. The van der Waals surface area contributed by atoms with Gasteiger partial charge >= 0.3 is 0 Å². The minimum Gasteiger partial charge on any atom is -0.497 e. The summed E-state index contributed by atoms with van der Waals surface area (Å²) in [5.41, 5.74) is 4.68. The van der Waals surface area contributed by atoms with Gasteiger partial charge in [-0.15, -0.1) is 0 Å². The second kappa shape index (κ2) is 5.19. The van der Waals surface area contributed by atoms with Gasteiger partial charge in [-0.1, -0.05) is 0 Å². The molecule has 1 N–H and O–H groups in total. The normalized spacial score (nSPS) is 13.3. The Balaban J connectivity index is 2.35. The summed E-state index contributed by atoms with van der Waals surface area (Å²) in [6, 6.07) is 3.94. The molecule has 0 bridgehead atoms. The number of nitrogens with one attached hydrogen (secondary N) is 1. The number of aryl methyl sites for hydroxylation is 1. The van der Waals surface area contributed by atoms with E-state index in [1.807, 2.05) is 12.1 Å². The van der Waals surface area contributed by atoms with Crippen LogP contribution in [0.4, 0.5) is 5.69 Å². The highest BCUT2D eigenvalue weighted by Crippen LogP contribution is 2.39. The third-order valence-corrected chi connectivity index (χ3v) is 3.86. The van der Waals surface area contributed by atoms with Crippen molar-refractivity contribution in [2.75, 3.05) is 26.1 Å². The minimum atomic E-state index is 0.771. The lowest BCUT2D eigenvalue weighted by atomic mass is 10.1. The van der Waals surface area contributed by atoms with Crippen molar-refractivity contribution >= 4 is 16.6 Å². The van der Waals surface area contributed by atoms with Crippen molar-refractivity contribution in [3.05, 3.63) is 23.4 Å². The van der Waals surface area contributed by atoms with Crippen molar-refractivity contribution < 1.29 is 9.47 Å². The standard InChI is InChI=1S/C16H20N2O2/c1-4-17-15-11-6-5-7-13(11)18-16-12(15)8-10(19-2)9-14(16)20-3/h8-9H,4-7H2,1-3H3,(H,17,18). The molecule has 0 amide bonds. The zero-order chi connectivity index (χ0) is 14.1. The molecule has 1 heterocycles. The predicted molar refractivity (Wildman–Crippen MR) is 81.0 cm³/mol. The number of pyridine rings is 1. The van der Waals surface area contributed by atoms with Gasteiger partial charge in [-0.2, -0.15) is 0 Å². The molecule has 0 spiro atoms. The molecule has 20 heavy (non-hydrogen) atoms. The van der Waals surface area contributed by atoms with E-state index in [0.717, 1.165) is 41.8 Å². The first-order valence-corrected chi connectivity index (χ1v) is 7.09. The van der Waals surface area contributed by atoms with Crippen molar-refractivity contribution in [3.8, 4) is 11.5 Å². The maximum Gasteiger partial charge on any atom is 0.148 e. The van der Waals surface area contributed by atoms with Gasteiger partial charge in [-0.25, -0.2) is 4.98 Å². The molecular weight excluding hydrogens is 252 g/mol. The van der Waals surface area contributed by atoms with E-state index in [1.54, 1.807) is 14.2 Å². The molecule has 1 aromatic carbocycles. The van der Waals surface area contributed by atoms with Gasteiger partial charge in [0.25, 0.3) is 0 Å². The molecule has 2 aromatic rings. The van der Waals surface area contributed by atoms with Crippen LogP contribution in [-0.2, 0) is 12.8 Å². The van der Waals surface area contributed by atoms with Crippen molar-refractivity contribution in [2.24, 2.45) is 0 Å². The fourth-order valence-corrected chi connectivity index (χ4v) is 2.96. The molecule has 1 aromatic heterocycles. The molecule has 0 radical (unpaired) electrons. The third-order valence-electron chi connectivity index (χ3n) is 3.86. The number of benzene rings is 1. The van der Waals surface area contributed by atoms with Crippen molar-refractivity contribution in [2.45, 2.75) is 26.2 Å². The monoisotopic (exact) mass is 272 g/mol. The number of hydrogen-bond donors (Lipinski definition) is 1. The Kier molecular flexibility index (Phi) is 3.38. The predicted octanol–water partition coefficient (Wildman–Crippen LogP) is 3.17. The molecule has 0 fully saturated rings. The van der Waals surface area contributed by atoms with Crippen LogP contribution in [0, 0.1) is 0 Å². The first kappa shape index (κ1) is 13.0. The molecule has 1 aliphatic rings. The molecule has 0 saturated heterocycles. The van der Waals surface area contributed by atoms with Gasteiger partial charge < -0.3 is 14.8 Å². The summed E-state index contributed by atoms with van der Waals surface area (Å²) in [5, 5.41) is 4.59. The number of anilines is 1. The van der Waals surface area contributed by atoms with Crippen molar-refractivity contribution in [3.63, 3.8) is 0 Å². The van der Waals surface area contributed by atoms with Crippen LogP contribution in [0.15, 0.2) is 12.1 Å². The number of ether oxygens (including phenoxy) is 2. The van der Waals surface area contributed by atoms with E-state index < -0.39 is 0 Å². The lowest BCUT2D eigenvalue weighted by Crippen LogP contribution is -2.04. The van der Waals surface area contributed by atoms with Gasteiger partial charge in [0, 0.05) is 29.4 Å². The number of aromatic nitrogens is 1. The first-order valence-electron chi connectivity index (χ1n) is 7.09. The minimum absolute atomic E-state index is 0.771. The maximum atomic E-state index is 5.49. The van der Waals surface area contributed by atoms with Crippen LogP contribution < -0.4 is 14.8 Å². The maximum absolute atomic E-state index is 5.49. The molecule has 3 rings (SSSR count). The molecule has 0 saturated carbocycles. The summed E-state index contributed by atoms with van der Waals surface area (Å²) < 4.78 is 10.9. The van der Waals surface area contributed by atoms with Crippen LogP contribution in [-0.4, -0.2) is 25.7 Å². The molecule has 0 aliphatic heterocycles. The summed E-state index contributed by atoms with van der Waals surface area (Å²) in [7, 11) is 3.35. The van der Waals surface area contributed by atoms with Crippen LogP contribution in [0.2, 0.25) is 0 Å². The Morgan fingerprint density at radius 2 is 2.05 bits per heavy atom. The SMILES string of the molecule is CCNc1c2c(nc3c(OC)cc(OC)cc13)CCC2. The summed E-state index contributed by atoms with van der Waals surface area (Å²) in [6.45, 7) is 3.01. The third kappa shape index (κ3) is 1.96. The van der Waals surface area contributed by atoms with Gasteiger partial charge in [0.1, 0.15) is 17.0 Å². The van der Waals surface area contributed by atoms with Gasteiger partial charge in [-0.05, 0) is 37.8 Å². The van der Waals surface area contributed by atoms with E-state index in [0.29, 0.717) is 0 Å². The van der Waals surface area contributed by atoms with Crippen LogP contribution in [0.25, 0.3) is 10.9 Å². The average Bonchev–Trinajstić information content (AvgIpc) is 2.94. The topological polar surface area (TPSA) is 43.4 Å². The molecular formula is C16H20N2O2. The summed E-state index contributed by atoms with van der Waals surface area (Å²) in [4.78, 5) is 4.82. The second-order valence-electron chi connectivity index (χ2n) is 5.02. The van der Waals surface area contributed by atoms with E-state index in [9.17, 15) is 0 Å². The Morgan fingerprint density at radius 3 is 2.75 bits per heavy atom. The van der Waals surface area contributed by atoms with Gasteiger partial charge in [-0.3, -0.25) is 0 Å². The quantitative estimate of drug-likeness (QED) is 0.928. The molecule has 4 heteroatoms. The first-order chi connectivity index (χ1) is 9.78. The van der Waals surface area contributed by atoms with Gasteiger partial charge in [0.15, 0.2) is 0 Å². The zero-order valence-corrected chi connectivity index (χ0v) is 12.2. The summed E-state index contributed by atoms with van der Waals surface area (Å²) in [5.74, 6) is 1.57. The molecule has 4 nitrogen and oxygen atoms in total. The Labute approximate surface area is 119 Å². The number of nitrogens with zero attached hydrogens (tertiary/aromatic N) is 1. The smallest absolute Gasteiger partial charge is 0.148 e. The Bertz CT molecular complexity index is 653. The second-order valence-corrected chi connectivity index (χ2v) is 5.02. The van der Waals surface area contributed by atoms with Gasteiger partial charge in [0.2, 0.25) is 0 Å². The lowest BCUT2D eigenvalue weighted by molar-refractivity contribution is 0.397. The Hall–Kier alpha value is -1.97. The van der Waals surface area contributed by atoms with E-state index >= 15 is 0 Å². The van der Waals surface area contributed by atoms with Gasteiger partial charge in [0.05, 0.1) is 14.2 Å². The summed E-state index contributed by atoms with van der Waals surface area (Å²) in [6.07, 6.45) is 3.33. The molecule has 0 atom stereocenters. The number of fused-ring (bicyclic) bond motifs is 2. The molecule has 0 unspecified atom stereocenters. The van der Waals surface area contributed by atoms with Crippen molar-refractivity contribution in [1.29, 1.82) is 0 Å². The van der Waals surface area contributed by atoms with Crippen LogP contribution in [0.5, 0.6) is 11.5 Å². The molecule has 1 aliphatic carbocycles. The van der Waals surface area contributed by atoms with E-state index in [2.05, 4.69) is 12.2 Å². The number of hydrogen-bond acceptors (Lipinski definition) is 4. The zero-order valence-electron chi connectivity index (χ0n) is 12.2. The molecule has 106 valence electrons. The number of rotatable bonds is 4. The Morgan fingerprint density at radius 1 is 1.20 bits per heavy atom. The van der Waals surface area contributed by atoms with E-state index in [1.165, 1.54) is 23.4 Å². The van der Waals surface area contributed by atoms with Crippen LogP contribution >= 0.6 is 0 Å². The van der Waals surface area contributed by atoms with E-state index in [-0.39, 0.29) is 0 Å². The highest BCUT2D eigenvalue weighted by Gasteiger charge is 2.21. The average molecular weight is 272 g/mol. The largest absolute Gasteiger partial charge is 0.497 e. The number of methoxy groups -OCH3 is 2. The van der Waals surface area contributed by atoms with Crippen LogP contribution in [0.3, 0.4) is 0 Å². The summed E-state index contributed by atoms with van der Waals surface area (Å²) >= 11 is 0. The van der Waals surface area contributed by atoms with E-state index in [4.69, 9.17) is 14.5 Å².